The maximum Gasteiger partial charge on any atom is 0.308 e. The first-order valence-corrected chi connectivity index (χ1v) is 8.50. The maximum absolute atomic E-state index is 12.1. The molecule has 3 aromatic rings. The summed E-state index contributed by atoms with van der Waals surface area (Å²) in [6.07, 6.45) is 0.0217. The number of carboxylic acid groups (broad SMARTS) is 1. The van der Waals surface area contributed by atoms with Crippen molar-refractivity contribution in [2.75, 3.05) is 11.4 Å². The molecule has 0 unspecified atom stereocenters. The molecule has 0 bridgehead atoms. The third kappa shape index (κ3) is 2.91. The molecule has 7 heteroatoms. The predicted octanol–water partition coefficient (Wildman–Crippen LogP) is 3.69. The second-order valence-corrected chi connectivity index (χ2v) is 6.84. The lowest BCUT2D eigenvalue weighted by molar-refractivity contribution is -0.141. The van der Waals surface area contributed by atoms with E-state index in [4.69, 9.17) is 9.52 Å². The molecule has 2 heterocycles. The van der Waals surface area contributed by atoms with E-state index in [-0.39, 0.29) is 18.9 Å². The lowest BCUT2D eigenvalue weighted by atomic mass is 10.1. The van der Waals surface area contributed by atoms with Gasteiger partial charge in [0.1, 0.15) is 5.52 Å². The molecule has 1 fully saturated rings. The number of oxazole rings is 1. The van der Waals surface area contributed by atoms with Crippen molar-refractivity contribution >= 4 is 44.6 Å². The number of carbonyl (C=O) groups is 2. The van der Waals surface area contributed by atoms with Crippen LogP contribution in [0.4, 0.5) is 5.69 Å². The third-order valence-electron chi connectivity index (χ3n) is 4.25. The highest BCUT2D eigenvalue weighted by molar-refractivity contribution is 9.10. The van der Waals surface area contributed by atoms with Gasteiger partial charge >= 0.3 is 5.97 Å². The first-order valence-electron chi connectivity index (χ1n) is 7.71. The quantitative estimate of drug-likeness (QED) is 0.724. The molecular weight excluding hydrogens is 388 g/mol. The number of aromatic nitrogens is 1. The Kier molecular flexibility index (Phi) is 3.80. The number of aliphatic carboxylic acids is 1. The summed E-state index contributed by atoms with van der Waals surface area (Å²) in [6, 6.07) is 12.9. The lowest BCUT2D eigenvalue weighted by Crippen LogP contribution is -2.25. The van der Waals surface area contributed by atoms with Gasteiger partial charge in [0.25, 0.3) is 0 Å². The van der Waals surface area contributed by atoms with Crippen LogP contribution in [0.2, 0.25) is 0 Å². The number of amides is 1. The van der Waals surface area contributed by atoms with Crippen LogP contribution in [-0.2, 0) is 9.59 Å². The number of hydrogen-bond acceptors (Lipinski definition) is 4. The molecule has 6 nitrogen and oxygen atoms in total. The highest BCUT2D eigenvalue weighted by atomic mass is 79.9. The Morgan fingerprint density at radius 3 is 2.68 bits per heavy atom. The summed E-state index contributed by atoms with van der Waals surface area (Å²) in [5, 5.41) is 9.11. The molecule has 0 saturated carbocycles. The van der Waals surface area contributed by atoms with Crippen LogP contribution in [0.15, 0.2) is 51.4 Å². The van der Waals surface area contributed by atoms with E-state index in [1.807, 2.05) is 24.3 Å². The van der Waals surface area contributed by atoms with Gasteiger partial charge in [-0.25, -0.2) is 4.98 Å². The van der Waals surface area contributed by atoms with Crippen LogP contribution in [0.5, 0.6) is 0 Å². The number of carbonyl (C=O) groups excluding carboxylic acids is 1. The van der Waals surface area contributed by atoms with Crippen LogP contribution in [0, 0.1) is 5.92 Å². The molecule has 1 amide bonds. The summed E-state index contributed by atoms with van der Waals surface area (Å²) in [4.78, 5) is 29.2. The van der Waals surface area contributed by atoms with Gasteiger partial charge in [-0.15, -0.1) is 0 Å². The van der Waals surface area contributed by atoms with E-state index in [9.17, 15) is 9.59 Å². The summed E-state index contributed by atoms with van der Waals surface area (Å²) >= 11 is 3.39. The van der Waals surface area contributed by atoms with Gasteiger partial charge in [-0.2, -0.15) is 0 Å². The minimum Gasteiger partial charge on any atom is -0.481 e. The minimum absolute atomic E-state index is 0.0217. The van der Waals surface area contributed by atoms with Crippen molar-refractivity contribution in [3.8, 4) is 11.5 Å². The monoisotopic (exact) mass is 400 g/mol. The van der Waals surface area contributed by atoms with Gasteiger partial charge in [0.15, 0.2) is 5.58 Å². The Hall–Kier alpha value is -2.67. The fourth-order valence-corrected chi connectivity index (χ4v) is 3.18. The second-order valence-electron chi connectivity index (χ2n) is 5.92. The largest absolute Gasteiger partial charge is 0.481 e. The summed E-state index contributed by atoms with van der Waals surface area (Å²) in [7, 11) is 0. The van der Waals surface area contributed by atoms with Crippen LogP contribution >= 0.6 is 15.9 Å². The number of nitrogens with zero attached hydrogens (tertiary/aromatic N) is 2. The molecule has 0 radical (unpaired) electrons. The van der Waals surface area contributed by atoms with Gasteiger partial charge < -0.3 is 14.4 Å². The van der Waals surface area contributed by atoms with Crippen LogP contribution in [0.1, 0.15) is 6.42 Å². The van der Waals surface area contributed by atoms with E-state index in [0.29, 0.717) is 22.7 Å². The highest BCUT2D eigenvalue weighted by Gasteiger charge is 2.35. The van der Waals surface area contributed by atoms with Crippen molar-refractivity contribution in [3.05, 3.63) is 46.9 Å². The molecule has 1 atom stereocenters. The van der Waals surface area contributed by atoms with E-state index in [1.165, 1.54) is 4.90 Å². The van der Waals surface area contributed by atoms with Gasteiger partial charge in [-0.1, -0.05) is 15.9 Å². The number of rotatable bonds is 3. The Balaban J connectivity index is 1.68. The molecule has 1 aliphatic rings. The Morgan fingerprint density at radius 1 is 1.24 bits per heavy atom. The average Bonchev–Trinajstić information content (AvgIpc) is 3.18. The fraction of sp³-hybridized carbons (Fsp3) is 0.167. The molecule has 1 saturated heterocycles. The lowest BCUT2D eigenvalue weighted by Gasteiger charge is -2.15. The highest BCUT2D eigenvalue weighted by Crippen LogP contribution is 2.31. The second kappa shape index (κ2) is 6.00. The van der Waals surface area contributed by atoms with Crippen LogP contribution in [-0.4, -0.2) is 28.5 Å². The number of carboxylic acids is 1. The van der Waals surface area contributed by atoms with Crippen molar-refractivity contribution in [2.24, 2.45) is 5.92 Å². The zero-order valence-corrected chi connectivity index (χ0v) is 14.6. The molecule has 1 aliphatic heterocycles. The van der Waals surface area contributed by atoms with E-state index >= 15 is 0 Å². The van der Waals surface area contributed by atoms with Gasteiger partial charge in [0.05, 0.1) is 5.92 Å². The molecule has 2 aromatic carbocycles. The summed E-state index contributed by atoms with van der Waals surface area (Å²) in [5.74, 6) is -1.32. The molecular formula is C18H13BrN2O4. The molecule has 4 rings (SSSR count). The maximum atomic E-state index is 12.1. The van der Waals surface area contributed by atoms with Crippen molar-refractivity contribution in [2.45, 2.75) is 6.42 Å². The Bertz CT molecular complexity index is 980. The minimum atomic E-state index is -0.950. The van der Waals surface area contributed by atoms with E-state index in [1.54, 1.807) is 18.2 Å². The predicted molar refractivity (Wildman–Crippen MR) is 95.2 cm³/mol. The number of halogens is 1. The Labute approximate surface area is 151 Å². The molecule has 0 spiro atoms. The van der Waals surface area contributed by atoms with Gasteiger partial charge in [-0.3, -0.25) is 9.59 Å². The molecule has 25 heavy (non-hydrogen) atoms. The SMILES string of the molecule is O=C(O)[C@@H]1CC(=O)N(c2ccc3nc(-c4ccc(Br)cc4)oc3c2)C1. The summed E-state index contributed by atoms with van der Waals surface area (Å²) in [6.45, 7) is 0.174. The normalized spacial score (nSPS) is 17.4. The first-order chi connectivity index (χ1) is 12.0. The van der Waals surface area contributed by atoms with E-state index < -0.39 is 11.9 Å². The van der Waals surface area contributed by atoms with Crippen LogP contribution < -0.4 is 4.90 Å². The molecule has 0 aliphatic carbocycles. The third-order valence-corrected chi connectivity index (χ3v) is 4.78. The molecule has 1 N–H and O–H groups in total. The summed E-state index contributed by atoms with van der Waals surface area (Å²) < 4.78 is 6.79. The van der Waals surface area contributed by atoms with Crippen molar-refractivity contribution in [1.82, 2.24) is 4.98 Å². The molecule has 1 aromatic heterocycles. The van der Waals surface area contributed by atoms with Gasteiger partial charge in [0, 0.05) is 34.8 Å². The first kappa shape index (κ1) is 15.8. The van der Waals surface area contributed by atoms with Crippen LogP contribution in [0.25, 0.3) is 22.6 Å². The zero-order valence-electron chi connectivity index (χ0n) is 13.0. The van der Waals surface area contributed by atoms with E-state index in [0.717, 1.165) is 10.0 Å². The van der Waals surface area contributed by atoms with Gasteiger partial charge in [-0.05, 0) is 36.4 Å². The standard InChI is InChI=1S/C18H13BrN2O4/c19-12-3-1-10(2-4-12)17-20-14-6-5-13(8-15(14)25-17)21-9-11(18(23)24)7-16(21)22/h1-6,8,11H,7,9H2,(H,23,24)/t11-/m1/s1. The van der Waals surface area contributed by atoms with Crippen molar-refractivity contribution < 1.29 is 19.1 Å². The molecule has 126 valence electrons. The number of benzene rings is 2. The smallest absolute Gasteiger partial charge is 0.308 e. The van der Waals surface area contributed by atoms with E-state index in [2.05, 4.69) is 20.9 Å². The van der Waals surface area contributed by atoms with Gasteiger partial charge in [0.2, 0.25) is 11.8 Å². The number of hydrogen-bond donors (Lipinski definition) is 1. The topological polar surface area (TPSA) is 83.6 Å². The van der Waals surface area contributed by atoms with Crippen molar-refractivity contribution in [1.29, 1.82) is 0 Å². The number of anilines is 1. The average molecular weight is 401 g/mol. The number of fused-ring (bicyclic) bond motifs is 1. The zero-order chi connectivity index (χ0) is 17.6. The summed E-state index contributed by atoms with van der Waals surface area (Å²) in [5.41, 5.74) is 2.72. The Morgan fingerprint density at radius 2 is 2.00 bits per heavy atom. The van der Waals surface area contributed by atoms with Crippen molar-refractivity contribution in [3.63, 3.8) is 0 Å². The van der Waals surface area contributed by atoms with Crippen LogP contribution in [0.3, 0.4) is 0 Å². The fourth-order valence-electron chi connectivity index (χ4n) is 2.92.